The highest BCUT2D eigenvalue weighted by Gasteiger charge is 2.29. The summed E-state index contributed by atoms with van der Waals surface area (Å²) in [5.74, 6) is 1.09. The summed E-state index contributed by atoms with van der Waals surface area (Å²) in [6, 6.07) is 5.28. The molecule has 0 spiro atoms. The summed E-state index contributed by atoms with van der Waals surface area (Å²) in [5, 5.41) is 9.19. The largest absolute Gasteiger partial charge is 0.508 e. The molecule has 1 N–H and O–H groups in total. The van der Waals surface area contributed by atoms with Crippen LogP contribution in [0.5, 0.6) is 11.5 Å². The van der Waals surface area contributed by atoms with Gasteiger partial charge >= 0.3 is 0 Å². The summed E-state index contributed by atoms with van der Waals surface area (Å²) in [6.45, 7) is 4.09. The van der Waals surface area contributed by atoms with E-state index in [1.807, 2.05) is 19.9 Å². The van der Waals surface area contributed by atoms with Crippen molar-refractivity contribution in [1.29, 1.82) is 0 Å². The average Bonchev–Trinajstić information content (AvgIpc) is 2.21. The Labute approximate surface area is 71.8 Å². The second-order valence-electron chi connectivity index (χ2n) is 3.83. The standard InChI is InChI=1S/C10H12O2/c1-10(2)6-7-3-4-8(11)5-9(7)12-10/h3-5,11H,6H2,1-2H3. The number of aromatic hydroxyl groups is 1. The van der Waals surface area contributed by atoms with Gasteiger partial charge in [-0.2, -0.15) is 0 Å². The van der Waals surface area contributed by atoms with Crippen LogP contribution in [0.4, 0.5) is 0 Å². The van der Waals surface area contributed by atoms with Gasteiger partial charge < -0.3 is 9.84 Å². The first kappa shape index (κ1) is 7.47. The molecule has 1 aromatic rings. The fraction of sp³-hybridized carbons (Fsp3) is 0.400. The zero-order chi connectivity index (χ0) is 8.77. The third kappa shape index (κ3) is 1.13. The molecule has 2 rings (SSSR count). The highest BCUT2D eigenvalue weighted by Crippen LogP contribution is 2.36. The Morgan fingerprint density at radius 2 is 2.17 bits per heavy atom. The van der Waals surface area contributed by atoms with Gasteiger partial charge in [0.05, 0.1) is 0 Å². The van der Waals surface area contributed by atoms with Crippen molar-refractivity contribution in [3.05, 3.63) is 23.8 Å². The Bertz CT molecular complexity index is 316. The molecule has 0 atom stereocenters. The predicted octanol–water partition coefficient (Wildman–Crippen LogP) is 2.11. The Morgan fingerprint density at radius 1 is 1.42 bits per heavy atom. The van der Waals surface area contributed by atoms with Gasteiger partial charge in [-0.15, -0.1) is 0 Å². The number of benzene rings is 1. The fourth-order valence-electron chi connectivity index (χ4n) is 1.58. The maximum atomic E-state index is 9.19. The van der Waals surface area contributed by atoms with Crippen LogP contribution in [-0.4, -0.2) is 10.7 Å². The molecule has 2 heteroatoms. The van der Waals surface area contributed by atoms with Gasteiger partial charge in [0, 0.05) is 12.5 Å². The van der Waals surface area contributed by atoms with Crippen LogP contribution in [0.3, 0.4) is 0 Å². The van der Waals surface area contributed by atoms with Gasteiger partial charge in [0.2, 0.25) is 0 Å². The summed E-state index contributed by atoms with van der Waals surface area (Å²) >= 11 is 0. The maximum Gasteiger partial charge on any atom is 0.127 e. The van der Waals surface area contributed by atoms with E-state index in [-0.39, 0.29) is 11.4 Å². The number of ether oxygens (including phenoxy) is 1. The van der Waals surface area contributed by atoms with Crippen LogP contribution in [0.1, 0.15) is 19.4 Å². The van der Waals surface area contributed by atoms with Crippen LogP contribution in [0.15, 0.2) is 18.2 Å². The second-order valence-corrected chi connectivity index (χ2v) is 3.83. The number of fused-ring (bicyclic) bond motifs is 1. The molecule has 1 aromatic carbocycles. The van der Waals surface area contributed by atoms with Crippen molar-refractivity contribution >= 4 is 0 Å². The van der Waals surface area contributed by atoms with Crippen molar-refractivity contribution < 1.29 is 9.84 Å². The van der Waals surface area contributed by atoms with Crippen LogP contribution < -0.4 is 4.74 Å². The van der Waals surface area contributed by atoms with Crippen LogP contribution >= 0.6 is 0 Å². The molecule has 0 fully saturated rings. The Hall–Kier alpha value is -1.18. The minimum atomic E-state index is -0.115. The van der Waals surface area contributed by atoms with Crippen LogP contribution in [0.2, 0.25) is 0 Å². The Balaban J connectivity index is 2.43. The molecule has 1 heterocycles. The van der Waals surface area contributed by atoms with E-state index in [1.165, 1.54) is 5.56 Å². The van der Waals surface area contributed by atoms with Crippen LogP contribution in [0, 0.1) is 0 Å². The predicted molar refractivity (Wildman–Crippen MR) is 46.5 cm³/mol. The normalized spacial score (nSPS) is 18.5. The van der Waals surface area contributed by atoms with Crippen LogP contribution in [0.25, 0.3) is 0 Å². The third-order valence-electron chi connectivity index (χ3n) is 2.05. The van der Waals surface area contributed by atoms with Crippen molar-refractivity contribution in [2.24, 2.45) is 0 Å². The molecule has 12 heavy (non-hydrogen) atoms. The third-order valence-corrected chi connectivity index (χ3v) is 2.05. The van der Waals surface area contributed by atoms with Crippen molar-refractivity contribution in [1.82, 2.24) is 0 Å². The summed E-state index contributed by atoms with van der Waals surface area (Å²) in [4.78, 5) is 0. The van der Waals surface area contributed by atoms with Crippen molar-refractivity contribution in [3.63, 3.8) is 0 Å². The second kappa shape index (κ2) is 2.16. The molecular weight excluding hydrogens is 152 g/mol. The monoisotopic (exact) mass is 164 g/mol. The molecule has 0 unspecified atom stereocenters. The van der Waals surface area contributed by atoms with Crippen molar-refractivity contribution in [2.75, 3.05) is 0 Å². The summed E-state index contributed by atoms with van der Waals surface area (Å²) < 4.78 is 5.62. The number of phenolic OH excluding ortho intramolecular Hbond substituents is 1. The molecular formula is C10H12O2. The van der Waals surface area contributed by atoms with Crippen molar-refractivity contribution in [2.45, 2.75) is 25.9 Å². The number of hydrogen-bond acceptors (Lipinski definition) is 2. The van der Waals surface area contributed by atoms with E-state index >= 15 is 0 Å². The van der Waals surface area contributed by atoms with E-state index in [9.17, 15) is 5.11 Å². The maximum absolute atomic E-state index is 9.19. The SMILES string of the molecule is CC1(C)Cc2ccc(O)cc2O1. The van der Waals surface area contributed by atoms with E-state index in [2.05, 4.69) is 0 Å². The van der Waals surface area contributed by atoms with Gasteiger partial charge in [0.15, 0.2) is 0 Å². The summed E-state index contributed by atoms with van der Waals surface area (Å²) in [7, 11) is 0. The molecule has 2 nitrogen and oxygen atoms in total. The zero-order valence-corrected chi connectivity index (χ0v) is 7.29. The lowest BCUT2D eigenvalue weighted by Gasteiger charge is -2.16. The minimum Gasteiger partial charge on any atom is -0.508 e. The molecule has 0 radical (unpaired) electrons. The summed E-state index contributed by atoms with van der Waals surface area (Å²) in [6.07, 6.45) is 0.919. The zero-order valence-electron chi connectivity index (χ0n) is 7.29. The molecule has 64 valence electrons. The van der Waals surface area contributed by atoms with Crippen molar-refractivity contribution in [3.8, 4) is 11.5 Å². The smallest absolute Gasteiger partial charge is 0.127 e. The van der Waals surface area contributed by atoms with E-state index in [0.29, 0.717) is 0 Å². The lowest BCUT2D eigenvalue weighted by molar-refractivity contribution is 0.138. The van der Waals surface area contributed by atoms with E-state index in [1.54, 1.807) is 12.1 Å². The summed E-state index contributed by atoms with van der Waals surface area (Å²) in [5.41, 5.74) is 1.06. The quantitative estimate of drug-likeness (QED) is 0.636. The molecule has 1 aliphatic heterocycles. The van der Waals surface area contributed by atoms with Gasteiger partial charge in [0.25, 0.3) is 0 Å². The van der Waals surface area contributed by atoms with Gasteiger partial charge in [-0.05, 0) is 25.5 Å². The Kier molecular flexibility index (Phi) is 1.34. The Morgan fingerprint density at radius 3 is 2.92 bits per heavy atom. The molecule has 0 bridgehead atoms. The van der Waals surface area contributed by atoms with E-state index in [4.69, 9.17) is 4.74 Å². The molecule has 0 aliphatic carbocycles. The first-order valence-electron chi connectivity index (χ1n) is 4.08. The lowest BCUT2D eigenvalue weighted by Crippen LogP contribution is -2.24. The number of phenols is 1. The minimum absolute atomic E-state index is 0.115. The topological polar surface area (TPSA) is 29.5 Å². The molecule has 0 amide bonds. The lowest BCUT2D eigenvalue weighted by atomic mass is 10.0. The van der Waals surface area contributed by atoms with E-state index < -0.39 is 0 Å². The number of rotatable bonds is 0. The van der Waals surface area contributed by atoms with Gasteiger partial charge in [0.1, 0.15) is 17.1 Å². The van der Waals surface area contributed by atoms with Gasteiger partial charge in [-0.25, -0.2) is 0 Å². The van der Waals surface area contributed by atoms with Gasteiger partial charge in [-0.1, -0.05) is 6.07 Å². The average molecular weight is 164 g/mol. The highest BCUT2D eigenvalue weighted by molar-refractivity contribution is 5.43. The molecule has 1 aliphatic rings. The number of hydrogen-bond donors (Lipinski definition) is 1. The van der Waals surface area contributed by atoms with Crippen LogP contribution in [-0.2, 0) is 6.42 Å². The molecule has 0 saturated carbocycles. The first-order chi connectivity index (χ1) is 5.57. The molecule has 0 aromatic heterocycles. The molecule has 0 saturated heterocycles. The van der Waals surface area contributed by atoms with E-state index in [0.717, 1.165) is 12.2 Å². The first-order valence-corrected chi connectivity index (χ1v) is 4.08. The highest BCUT2D eigenvalue weighted by atomic mass is 16.5. The fourth-order valence-corrected chi connectivity index (χ4v) is 1.58. The van der Waals surface area contributed by atoms with Gasteiger partial charge in [-0.3, -0.25) is 0 Å².